The molecule has 0 atom stereocenters. The summed E-state index contributed by atoms with van der Waals surface area (Å²) in [6.45, 7) is 0. The zero-order chi connectivity index (χ0) is 12.5. The summed E-state index contributed by atoms with van der Waals surface area (Å²) in [5.41, 5.74) is -0.0293. The molecule has 0 radical (unpaired) electrons. The third-order valence-electron chi connectivity index (χ3n) is 2.16. The Morgan fingerprint density at radius 2 is 1.76 bits per heavy atom. The van der Waals surface area contributed by atoms with Crippen molar-refractivity contribution in [1.82, 2.24) is 9.78 Å². The topological polar surface area (TPSA) is 41.6 Å². The van der Waals surface area contributed by atoms with Crippen LogP contribution in [0.1, 0.15) is 11.3 Å². The van der Waals surface area contributed by atoms with Gasteiger partial charge >= 0.3 is 6.18 Å². The highest BCUT2D eigenvalue weighted by molar-refractivity contribution is 5.35. The van der Waals surface area contributed by atoms with Crippen LogP contribution >= 0.6 is 0 Å². The van der Waals surface area contributed by atoms with Gasteiger partial charge in [-0.05, 0) is 30.3 Å². The second kappa shape index (κ2) is 3.94. The number of alkyl halides is 3. The third kappa shape index (κ3) is 2.28. The molecule has 0 spiro atoms. The van der Waals surface area contributed by atoms with Crippen molar-refractivity contribution in [2.24, 2.45) is 0 Å². The highest BCUT2D eigenvalue weighted by Gasteiger charge is 2.29. The molecule has 6 heteroatoms. The van der Waals surface area contributed by atoms with Crippen LogP contribution in [0.2, 0.25) is 0 Å². The average molecular weight is 237 g/mol. The predicted octanol–water partition coefficient (Wildman–Crippen LogP) is 2.76. The maximum absolute atomic E-state index is 12.3. The summed E-state index contributed by atoms with van der Waals surface area (Å²) >= 11 is 0. The van der Waals surface area contributed by atoms with Crippen LogP contribution in [0.5, 0.6) is 0 Å². The van der Waals surface area contributed by atoms with Gasteiger partial charge in [0.25, 0.3) is 0 Å². The number of nitrogens with zero attached hydrogens (tertiary/aromatic N) is 3. The van der Waals surface area contributed by atoms with Gasteiger partial charge in [0.05, 0.1) is 11.3 Å². The lowest BCUT2D eigenvalue weighted by molar-refractivity contribution is -0.137. The van der Waals surface area contributed by atoms with Gasteiger partial charge < -0.3 is 0 Å². The smallest absolute Gasteiger partial charge is 0.240 e. The van der Waals surface area contributed by atoms with Crippen LogP contribution < -0.4 is 0 Å². The van der Waals surface area contributed by atoms with Gasteiger partial charge in [0.15, 0.2) is 5.69 Å². The lowest BCUT2D eigenvalue weighted by Crippen LogP contribution is -2.05. The van der Waals surface area contributed by atoms with E-state index in [2.05, 4.69) is 5.10 Å². The molecule has 2 aromatic rings. The van der Waals surface area contributed by atoms with E-state index in [4.69, 9.17) is 5.26 Å². The van der Waals surface area contributed by atoms with E-state index in [9.17, 15) is 13.2 Å². The Morgan fingerprint density at radius 1 is 1.12 bits per heavy atom. The molecule has 0 unspecified atom stereocenters. The molecule has 1 aromatic heterocycles. The van der Waals surface area contributed by atoms with E-state index >= 15 is 0 Å². The number of hydrogen-bond donors (Lipinski definition) is 0. The summed E-state index contributed by atoms with van der Waals surface area (Å²) in [5.74, 6) is 0. The number of halogens is 3. The Labute approximate surface area is 94.7 Å². The van der Waals surface area contributed by atoms with Crippen molar-refractivity contribution in [3.05, 3.63) is 47.8 Å². The molecule has 86 valence electrons. The van der Waals surface area contributed by atoms with Gasteiger partial charge in [-0.1, -0.05) is 0 Å². The van der Waals surface area contributed by atoms with E-state index < -0.39 is 11.7 Å². The molecule has 0 saturated carbocycles. The summed E-state index contributed by atoms with van der Waals surface area (Å²) in [6, 6.07) is 7.88. The Kier molecular flexibility index (Phi) is 2.60. The molecule has 0 fully saturated rings. The first-order chi connectivity index (χ1) is 8.00. The van der Waals surface area contributed by atoms with Crippen molar-refractivity contribution >= 4 is 0 Å². The number of rotatable bonds is 1. The van der Waals surface area contributed by atoms with Crippen LogP contribution in [-0.4, -0.2) is 9.78 Å². The molecular formula is C11H6F3N3. The van der Waals surface area contributed by atoms with E-state index in [-0.39, 0.29) is 5.69 Å². The molecule has 1 heterocycles. The highest BCUT2D eigenvalue weighted by atomic mass is 19.4. The summed E-state index contributed by atoms with van der Waals surface area (Å²) in [4.78, 5) is 0. The fourth-order valence-electron chi connectivity index (χ4n) is 1.33. The molecule has 0 bridgehead atoms. The van der Waals surface area contributed by atoms with Crippen molar-refractivity contribution in [3.8, 4) is 11.8 Å². The van der Waals surface area contributed by atoms with E-state index in [1.165, 1.54) is 29.1 Å². The number of aromatic nitrogens is 2. The van der Waals surface area contributed by atoms with E-state index in [0.29, 0.717) is 5.69 Å². The monoisotopic (exact) mass is 237 g/mol. The quantitative estimate of drug-likeness (QED) is 0.765. The summed E-state index contributed by atoms with van der Waals surface area (Å²) in [7, 11) is 0. The minimum absolute atomic E-state index is 0.213. The largest absolute Gasteiger partial charge is 0.416 e. The molecule has 2 rings (SSSR count). The first kappa shape index (κ1) is 11.2. The maximum atomic E-state index is 12.3. The first-order valence-corrected chi connectivity index (χ1v) is 4.64. The predicted molar refractivity (Wildman–Crippen MR) is 53.3 cm³/mol. The summed E-state index contributed by atoms with van der Waals surface area (Å²) in [5, 5.41) is 12.4. The fraction of sp³-hybridized carbons (Fsp3) is 0.0909. The van der Waals surface area contributed by atoms with Crippen LogP contribution in [0.3, 0.4) is 0 Å². The normalized spacial score (nSPS) is 11.2. The van der Waals surface area contributed by atoms with Crippen LogP contribution in [0.4, 0.5) is 13.2 Å². The maximum Gasteiger partial charge on any atom is 0.416 e. The van der Waals surface area contributed by atoms with Crippen LogP contribution in [-0.2, 0) is 6.18 Å². The molecule has 0 N–H and O–H groups in total. The van der Waals surface area contributed by atoms with Gasteiger partial charge in [-0.25, -0.2) is 4.68 Å². The standard InChI is InChI=1S/C11H6F3N3/c12-11(13,14)8-1-3-10(4-2-8)17-6-5-9(7-15)16-17/h1-6H. The van der Waals surface area contributed by atoms with Gasteiger partial charge in [0.2, 0.25) is 0 Å². The Hall–Kier alpha value is -2.29. The Bertz CT molecular complexity index is 561. The van der Waals surface area contributed by atoms with Gasteiger partial charge in [0.1, 0.15) is 6.07 Å². The minimum Gasteiger partial charge on any atom is -0.240 e. The van der Waals surface area contributed by atoms with E-state index in [1.54, 1.807) is 0 Å². The summed E-state index contributed by atoms with van der Waals surface area (Å²) in [6.07, 6.45) is -2.83. The first-order valence-electron chi connectivity index (χ1n) is 4.64. The lowest BCUT2D eigenvalue weighted by atomic mass is 10.2. The van der Waals surface area contributed by atoms with Crippen LogP contribution in [0.15, 0.2) is 36.5 Å². The second-order valence-electron chi connectivity index (χ2n) is 3.30. The molecule has 17 heavy (non-hydrogen) atoms. The number of benzene rings is 1. The van der Waals surface area contributed by atoms with Crippen molar-refractivity contribution in [2.75, 3.05) is 0 Å². The molecule has 0 aliphatic rings. The van der Waals surface area contributed by atoms with Crippen molar-refractivity contribution < 1.29 is 13.2 Å². The molecule has 3 nitrogen and oxygen atoms in total. The second-order valence-corrected chi connectivity index (χ2v) is 3.30. The van der Waals surface area contributed by atoms with Crippen LogP contribution in [0, 0.1) is 11.3 Å². The van der Waals surface area contributed by atoms with Crippen molar-refractivity contribution in [1.29, 1.82) is 5.26 Å². The minimum atomic E-state index is -4.35. The number of nitriles is 1. The van der Waals surface area contributed by atoms with Gasteiger partial charge in [0, 0.05) is 6.20 Å². The molecular weight excluding hydrogens is 231 g/mol. The van der Waals surface area contributed by atoms with Gasteiger partial charge in [-0.3, -0.25) is 0 Å². The average Bonchev–Trinajstić information content (AvgIpc) is 2.76. The lowest BCUT2D eigenvalue weighted by Gasteiger charge is -2.07. The van der Waals surface area contributed by atoms with Crippen LogP contribution in [0.25, 0.3) is 5.69 Å². The highest BCUT2D eigenvalue weighted by Crippen LogP contribution is 2.29. The van der Waals surface area contributed by atoms with E-state index in [1.807, 2.05) is 6.07 Å². The molecule has 0 saturated heterocycles. The van der Waals surface area contributed by atoms with Gasteiger partial charge in [-0.2, -0.15) is 23.5 Å². The SMILES string of the molecule is N#Cc1ccn(-c2ccc(C(F)(F)F)cc2)n1. The molecule has 0 aliphatic heterocycles. The zero-order valence-corrected chi connectivity index (χ0v) is 8.44. The molecule has 0 amide bonds. The Balaban J connectivity index is 2.33. The van der Waals surface area contributed by atoms with Crippen molar-refractivity contribution in [3.63, 3.8) is 0 Å². The Morgan fingerprint density at radius 3 is 2.24 bits per heavy atom. The third-order valence-corrected chi connectivity index (χ3v) is 2.16. The zero-order valence-electron chi connectivity index (χ0n) is 8.44. The summed E-state index contributed by atoms with van der Waals surface area (Å²) < 4.78 is 38.3. The fourth-order valence-corrected chi connectivity index (χ4v) is 1.33. The molecule has 1 aromatic carbocycles. The van der Waals surface area contributed by atoms with Gasteiger partial charge in [-0.15, -0.1) is 0 Å². The number of hydrogen-bond acceptors (Lipinski definition) is 2. The van der Waals surface area contributed by atoms with Crippen molar-refractivity contribution in [2.45, 2.75) is 6.18 Å². The molecule has 0 aliphatic carbocycles. The van der Waals surface area contributed by atoms with E-state index in [0.717, 1.165) is 12.1 Å².